The van der Waals surface area contributed by atoms with E-state index in [1.54, 1.807) is 30.0 Å². The van der Waals surface area contributed by atoms with Crippen LogP contribution in [0.3, 0.4) is 0 Å². The number of amides is 1. The summed E-state index contributed by atoms with van der Waals surface area (Å²) in [6.45, 7) is 7.28. The molecule has 3 rings (SSSR count). The Morgan fingerprint density at radius 3 is 2.43 bits per heavy atom. The summed E-state index contributed by atoms with van der Waals surface area (Å²) in [5.41, 5.74) is 2.10. The highest BCUT2D eigenvalue weighted by atomic mass is 32.2. The zero-order valence-electron chi connectivity index (χ0n) is 16.4. The minimum Gasteiger partial charge on any atom is -0.478 e. The molecule has 1 aliphatic heterocycles. The molecule has 0 atom stereocenters. The molecule has 2 aromatic rings. The van der Waals surface area contributed by atoms with Crippen LogP contribution in [0.25, 0.3) is 0 Å². The van der Waals surface area contributed by atoms with Crippen molar-refractivity contribution >= 4 is 15.9 Å². The predicted octanol–water partition coefficient (Wildman–Crippen LogP) is 2.24. The molecule has 0 aliphatic carbocycles. The number of hydrogen-bond donors (Lipinski definition) is 0. The summed E-state index contributed by atoms with van der Waals surface area (Å²) < 4.78 is 32.8. The van der Waals surface area contributed by atoms with Gasteiger partial charge in [0.05, 0.1) is 17.1 Å². The van der Waals surface area contributed by atoms with Gasteiger partial charge in [-0.2, -0.15) is 4.31 Å². The number of aromatic nitrogens is 1. The molecule has 2 heterocycles. The molecular weight excluding hydrogens is 378 g/mol. The monoisotopic (exact) mass is 403 g/mol. The Bertz CT molecular complexity index is 950. The van der Waals surface area contributed by atoms with Gasteiger partial charge in [-0.05, 0) is 44.0 Å². The number of sulfonamides is 1. The minimum absolute atomic E-state index is 0.153. The fourth-order valence-corrected chi connectivity index (χ4v) is 4.91. The minimum atomic E-state index is -3.57. The molecule has 1 aliphatic rings. The standard InChI is InChI=1S/C20H25N3O4S/c1-4-27-19-8-7-17(14-21-19)20(24)22-9-11-23(12-10-22)28(25,26)18-13-15(2)5-6-16(18)3/h5-8,13-14H,4,9-12H2,1-3H3. The Hall–Kier alpha value is -2.45. The zero-order chi connectivity index (χ0) is 20.3. The molecule has 0 saturated carbocycles. The fourth-order valence-electron chi connectivity index (χ4n) is 3.18. The number of benzene rings is 1. The van der Waals surface area contributed by atoms with Gasteiger partial charge in [0.1, 0.15) is 0 Å². The van der Waals surface area contributed by atoms with E-state index in [4.69, 9.17) is 4.74 Å². The second kappa shape index (κ2) is 8.28. The van der Waals surface area contributed by atoms with Crippen molar-refractivity contribution in [3.63, 3.8) is 0 Å². The van der Waals surface area contributed by atoms with Crippen molar-refractivity contribution < 1.29 is 17.9 Å². The van der Waals surface area contributed by atoms with E-state index in [1.165, 1.54) is 10.5 Å². The van der Waals surface area contributed by atoms with Crippen LogP contribution in [-0.2, 0) is 10.0 Å². The van der Waals surface area contributed by atoms with Crippen LogP contribution < -0.4 is 4.74 Å². The molecule has 28 heavy (non-hydrogen) atoms. The van der Waals surface area contributed by atoms with E-state index in [0.29, 0.717) is 36.0 Å². The van der Waals surface area contributed by atoms with Crippen LogP contribution in [0.2, 0.25) is 0 Å². The third kappa shape index (κ3) is 4.18. The number of piperazine rings is 1. The average Bonchev–Trinajstić information content (AvgIpc) is 2.70. The molecule has 0 spiro atoms. The summed E-state index contributed by atoms with van der Waals surface area (Å²) >= 11 is 0. The maximum atomic E-state index is 13.0. The van der Waals surface area contributed by atoms with E-state index in [9.17, 15) is 13.2 Å². The highest BCUT2D eigenvalue weighted by Crippen LogP contribution is 2.23. The van der Waals surface area contributed by atoms with Crippen molar-refractivity contribution in [2.75, 3.05) is 32.8 Å². The number of nitrogens with zero attached hydrogens (tertiary/aromatic N) is 3. The molecule has 1 saturated heterocycles. The van der Waals surface area contributed by atoms with Crippen LogP contribution in [-0.4, -0.2) is 61.3 Å². The third-order valence-electron chi connectivity index (χ3n) is 4.76. The molecule has 1 fully saturated rings. The van der Waals surface area contributed by atoms with Gasteiger partial charge in [-0.25, -0.2) is 13.4 Å². The van der Waals surface area contributed by atoms with Gasteiger partial charge in [-0.3, -0.25) is 4.79 Å². The lowest BCUT2D eigenvalue weighted by atomic mass is 10.2. The van der Waals surface area contributed by atoms with Crippen molar-refractivity contribution in [2.24, 2.45) is 0 Å². The average molecular weight is 404 g/mol. The van der Waals surface area contributed by atoms with Crippen LogP contribution >= 0.6 is 0 Å². The topological polar surface area (TPSA) is 79.8 Å². The van der Waals surface area contributed by atoms with E-state index >= 15 is 0 Å². The van der Waals surface area contributed by atoms with Crippen LogP contribution in [0.15, 0.2) is 41.4 Å². The molecule has 0 N–H and O–H groups in total. The summed E-state index contributed by atoms with van der Waals surface area (Å²) in [7, 11) is -3.57. The molecule has 150 valence electrons. The molecule has 7 nitrogen and oxygen atoms in total. The highest BCUT2D eigenvalue weighted by Gasteiger charge is 2.31. The zero-order valence-corrected chi connectivity index (χ0v) is 17.2. The maximum absolute atomic E-state index is 13.0. The van der Waals surface area contributed by atoms with Crippen molar-refractivity contribution in [3.05, 3.63) is 53.2 Å². The first-order chi connectivity index (χ1) is 13.3. The fraction of sp³-hybridized carbons (Fsp3) is 0.400. The van der Waals surface area contributed by atoms with Gasteiger partial charge in [0.25, 0.3) is 5.91 Å². The van der Waals surface area contributed by atoms with Crippen molar-refractivity contribution in [2.45, 2.75) is 25.7 Å². The molecule has 1 aromatic carbocycles. The Morgan fingerprint density at radius 1 is 1.11 bits per heavy atom. The van der Waals surface area contributed by atoms with Gasteiger partial charge in [0.15, 0.2) is 0 Å². The van der Waals surface area contributed by atoms with Crippen molar-refractivity contribution in [1.82, 2.24) is 14.2 Å². The first-order valence-electron chi connectivity index (χ1n) is 9.28. The van der Waals surface area contributed by atoms with Gasteiger partial charge >= 0.3 is 0 Å². The van der Waals surface area contributed by atoms with Crippen LogP contribution in [0.4, 0.5) is 0 Å². The van der Waals surface area contributed by atoms with Crippen LogP contribution in [0.5, 0.6) is 5.88 Å². The smallest absolute Gasteiger partial charge is 0.255 e. The van der Waals surface area contributed by atoms with E-state index in [2.05, 4.69) is 4.98 Å². The molecule has 0 bridgehead atoms. The predicted molar refractivity (Wildman–Crippen MR) is 106 cm³/mol. The first kappa shape index (κ1) is 20.3. The van der Waals surface area contributed by atoms with Gasteiger partial charge in [0.2, 0.25) is 15.9 Å². The lowest BCUT2D eigenvalue weighted by Gasteiger charge is -2.34. The van der Waals surface area contributed by atoms with Crippen LogP contribution in [0.1, 0.15) is 28.4 Å². The number of aryl methyl sites for hydroxylation is 2. The van der Waals surface area contributed by atoms with Gasteiger partial charge in [0, 0.05) is 38.4 Å². The molecule has 0 radical (unpaired) electrons. The largest absolute Gasteiger partial charge is 0.478 e. The number of carbonyl (C=O) groups is 1. The Morgan fingerprint density at radius 2 is 1.82 bits per heavy atom. The first-order valence-corrected chi connectivity index (χ1v) is 10.7. The van der Waals surface area contributed by atoms with Gasteiger partial charge in [-0.15, -0.1) is 0 Å². The normalized spacial score (nSPS) is 15.5. The Kier molecular flexibility index (Phi) is 6.00. The van der Waals surface area contributed by atoms with Crippen molar-refractivity contribution in [3.8, 4) is 5.88 Å². The summed E-state index contributed by atoms with van der Waals surface area (Å²) in [4.78, 5) is 18.8. The Balaban J connectivity index is 1.68. The summed E-state index contributed by atoms with van der Waals surface area (Å²) in [5, 5.41) is 0. The van der Waals surface area contributed by atoms with E-state index < -0.39 is 10.0 Å². The molecular formula is C20H25N3O4S. The second-order valence-electron chi connectivity index (χ2n) is 6.78. The number of pyridine rings is 1. The van der Waals surface area contributed by atoms with E-state index in [-0.39, 0.29) is 19.0 Å². The SMILES string of the molecule is CCOc1ccc(C(=O)N2CCN(S(=O)(=O)c3cc(C)ccc3C)CC2)cn1. The molecule has 1 amide bonds. The molecule has 0 unspecified atom stereocenters. The van der Waals surface area contributed by atoms with E-state index in [0.717, 1.165) is 11.1 Å². The highest BCUT2D eigenvalue weighted by molar-refractivity contribution is 7.89. The number of carbonyl (C=O) groups excluding carboxylic acids is 1. The van der Waals surface area contributed by atoms with Gasteiger partial charge in [-0.1, -0.05) is 12.1 Å². The Labute approximate surface area is 166 Å². The lowest BCUT2D eigenvalue weighted by Crippen LogP contribution is -2.50. The molecule has 1 aromatic heterocycles. The van der Waals surface area contributed by atoms with E-state index in [1.807, 2.05) is 26.0 Å². The van der Waals surface area contributed by atoms with Crippen LogP contribution in [0, 0.1) is 13.8 Å². The third-order valence-corrected chi connectivity index (χ3v) is 6.80. The maximum Gasteiger partial charge on any atom is 0.255 e. The second-order valence-corrected chi connectivity index (χ2v) is 8.69. The summed E-state index contributed by atoms with van der Waals surface area (Å²) in [5.74, 6) is 0.322. The van der Waals surface area contributed by atoms with Gasteiger partial charge < -0.3 is 9.64 Å². The number of hydrogen-bond acceptors (Lipinski definition) is 5. The van der Waals surface area contributed by atoms with Crippen molar-refractivity contribution in [1.29, 1.82) is 0 Å². The summed E-state index contributed by atoms with van der Waals surface area (Å²) in [6.07, 6.45) is 1.49. The summed E-state index contributed by atoms with van der Waals surface area (Å²) in [6, 6.07) is 8.77. The lowest BCUT2D eigenvalue weighted by molar-refractivity contribution is 0.0697. The molecule has 8 heteroatoms. The number of ether oxygens (including phenoxy) is 1. The quantitative estimate of drug-likeness (QED) is 0.765. The number of rotatable bonds is 5.